The average Bonchev–Trinajstić information content (AvgIpc) is 2.64. The van der Waals surface area contributed by atoms with E-state index in [-0.39, 0.29) is 34.6 Å². The van der Waals surface area contributed by atoms with Crippen molar-refractivity contribution in [2.24, 2.45) is 11.1 Å². The largest absolute Gasteiger partial charge is 0.496 e. The van der Waals surface area contributed by atoms with E-state index in [1.807, 2.05) is 0 Å². The minimum absolute atomic E-state index is 0.0211. The van der Waals surface area contributed by atoms with Crippen molar-refractivity contribution in [1.82, 2.24) is 10.6 Å². The molecule has 1 aromatic rings. The van der Waals surface area contributed by atoms with E-state index in [9.17, 15) is 18.0 Å². The Bertz CT molecular complexity index is 758. The number of rotatable bonds is 7. The second-order valence-electron chi connectivity index (χ2n) is 6.29. The third-order valence-corrected chi connectivity index (χ3v) is 5.34. The molecule has 0 bridgehead atoms. The fourth-order valence-corrected chi connectivity index (χ4v) is 3.55. The van der Waals surface area contributed by atoms with Crippen molar-refractivity contribution in [2.45, 2.75) is 37.0 Å². The molecule has 2 rings (SSSR count). The molecule has 1 aliphatic rings. The van der Waals surface area contributed by atoms with Gasteiger partial charge in [0.2, 0.25) is 15.9 Å². The maximum Gasteiger partial charge on any atom is 0.255 e. The van der Waals surface area contributed by atoms with Crippen LogP contribution in [-0.4, -0.2) is 40.4 Å². The van der Waals surface area contributed by atoms with Crippen molar-refractivity contribution < 1.29 is 22.7 Å². The monoisotopic (exact) mass is 383 g/mol. The lowest BCUT2D eigenvalue weighted by atomic mass is 9.89. The lowest BCUT2D eigenvalue weighted by molar-refractivity contribution is -0.125. The zero-order chi connectivity index (χ0) is 19.2. The third-order valence-electron chi connectivity index (χ3n) is 4.43. The molecule has 9 heteroatoms. The lowest BCUT2D eigenvalue weighted by Gasteiger charge is -2.20. The smallest absolute Gasteiger partial charge is 0.255 e. The highest BCUT2D eigenvalue weighted by Gasteiger charge is 2.21. The van der Waals surface area contributed by atoms with Crippen LogP contribution in [0.2, 0.25) is 0 Å². The summed E-state index contributed by atoms with van der Waals surface area (Å²) in [6.07, 6.45) is 5.16. The van der Waals surface area contributed by atoms with E-state index >= 15 is 0 Å². The molecule has 0 aliphatic heterocycles. The van der Waals surface area contributed by atoms with Crippen molar-refractivity contribution in [3.05, 3.63) is 23.8 Å². The first-order valence-electron chi connectivity index (χ1n) is 8.59. The SMILES string of the molecule is COc1ccc(S(N)(=O)=O)cc1C(=O)NCCNC(=O)C1CCCCC1. The molecule has 0 heterocycles. The first-order valence-corrected chi connectivity index (χ1v) is 10.1. The summed E-state index contributed by atoms with van der Waals surface area (Å²) in [5.41, 5.74) is 0.0673. The molecule has 1 aliphatic carbocycles. The van der Waals surface area contributed by atoms with Gasteiger partial charge in [-0.1, -0.05) is 19.3 Å². The second-order valence-corrected chi connectivity index (χ2v) is 7.85. The molecule has 1 saturated carbocycles. The zero-order valence-electron chi connectivity index (χ0n) is 14.8. The van der Waals surface area contributed by atoms with Crippen molar-refractivity contribution in [2.75, 3.05) is 20.2 Å². The van der Waals surface area contributed by atoms with Crippen LogP contribution in [0.15, 0.2) is 23.1 Å². The van der Waals surface area contributed by atoms with Crippen LogP contribution in [0.3, 0.4) is 0 Å². The Kier molecular flexibility index (Phi) is 6.98. The first-order chi connectivity index (χ1) is 12.3. The standard InChI is InChI=1S/C17H25N3O5S/c1-25-15-8-7-13(26(18,23)24)11-14(15)17(22)20-10-9-19-16(21)12-5-3-2-4-6-12/h7-8,11-12H,2-6,9-10H2,1H3,(H,19,21)(H,20,22)(H2,18,23,24). The van der Waals surface area contributed by atoms with Crippen LogP contribution >= 0.6 is 0 Å². The molecule has 1 aromatic carbocycles. The van der Waals surface area contributed by atoms with E-state index in [4.69, 9.17) is 9.88 Å². The van der Waals surface area contributed by atoms with E-state index in [1.165, 1.54) is 31.7 Å². The minimum atomic E-state index is -3.93. The molecule has 0 atom stereocenters. The Hall–Kier alpha value is -2.13. The summed E-state index contributed by atoms with van der Waals surface area (Å²) in [4.78, 5) is 24.2. The normalized spacial score (nSPS) is 15.3. The van der Waals surface area contributed by atoms with Crippen LogP contribution in [-0.2, 0) is 14.8 Å². The van der Waals surface area contributed by atoms with E-state index < -0.39 is 15.9 Å². The second kappa shape index (κ2) is 9.00. The Morgan fingerprint density at radius 3 is 2.42 bits per heavy atom. The van der Waals surface area contributed by atoms with Crippen LogP contribution in [0, 0.1) is 5.92 Å². The fraction of sp³-hybridized carbons (Fsp3) is 0.529. The molecule has 0 spiro atoms. The molecule has 0 aromatic heterocycles. The lowest BCUT2D eigenvalue weighted by Crippen LogP contribution is -2.38. The van der Waals surface area contributed by atoms with Crippen LogP contribution in [0.5, 0.6) is 5.75 Å². The zero-order valence-corrected chi connectivity index (χ0v) is 15.6. The summed E-state index contributed by atoms with van der Waals surface area (Å²) in [6.45, 7) is 0.526. The van der Waals surface area contributed by atoms with Gasteiger partial charge in [0, 0.05) is 19.0 Å². The molecule has 4 N–H and O–H groups in total. The third kappa shape index (κ3) is 5.43. The van der Waals surface area contributed by atoms with Gasteiger partial charge in [-0.25, -0.2) is 13.6 Å². The first kappa shape index (κ1) is 20.2. The number of carbonyl (C=O) groups excluding carboxylic acids is 2. The van der Waals surface area contributed by atoms with Gasteiger partial charge >= 0.3 is 0 Å². The summed E-state index contributed by atoms with van der Waals surface area (Å²) < 4.78 is 28.0. The molecule has 0 radical (unpaired) electrons. The Labute approximate surface area is 153 Å². The summed E-state index contributed by atoms with van der Waals surface area (Å²) in [6, 6.07) is 3.82. The van der Waals surface area contributed by atoms with Crippen molar-refractivity contribution in [3.63, 3.8) is 0 Å². The number of hydrogen-bond donors (Lipinski definition) is 3. The highest BCUT2D eigenvalue weighted by Crippen LogP contribution is 2.23. The van der Waals surface area contributed by atoms with Gasteiger partial charge in [0.15, 0.2) is 0 Å². The number of primary sulfonamides is 1. The van der Waals surface area contributed by atoms with Crippen molar-refractivity contribution in [1.29, 1.82) is 0 Å². The average molecular weight is 383 g/mol. The number of amides is 2. The van der Waals surface area contributed by atoms with Gasteiger partial charge in [-0.15, -0.1) is 0 Å². The van der Waals surface area contributed by atoms with E-state index in [0.29, 0.717) is 6.54 Å². The number of benzene rings is 1. The number of methoxy groups -OCH3 is 1. The van der Waals surface area contributed by atoms with E-state index in [1.54, 1.807) is 0 Å². The quantitative estimate of drug-likeness (QED) is 0.599. The van der Waals surface area contributed by atoms with Crippen molar-refractivity contribution in [3.8, 4) is 5.75 Å². The predicted molar refractivity (Wildman–Crippen MR) is 96.3 cm³/mol. The number of hydrogen-bond acceptors (Lipinski definition) is 5. The van der Waals surface area contributed by atoms with Gasteiger partial charge in [-0.05, 0) is 31.0 Å². The van der Waals surface area contributed by atoms with Crippen LogP contribution in [0.25, 0.3) is 0 Å². The number of nitrogens with one attached hydrogen (secondary N) is 2. The fourth-order valence-electron chi connectivity index (χ4n) is 3.01. The molecule has 144 valence electrons. The van der Waals surface area contributed by atoms with Crippen LogP contribution in [0.4, 0.5) is 0 Å². The number of nitrogens with two attached hydrogens (primary N) is 1. The Morgan fingerprint density at radius 1 is 1.15 bits per heavy atom. The minimum Gasteiger partial charge on any atom is -0.496 e. The van der Waals surface area contributed by atoms with Gasteiger partial charge in [0.1, 0.15) is 5.75 Å². The van der Waals surface area contributed by atoms with E-state index in [0.717, 1.165) is 25.7 Å². The molecule has 8 nitrogen and oxygen atoms in total. The van der Waals surface area contributed by atoms with Crippen molar-refractivity contribution >= 4 is 21.8 Å². The summed E-state index contributed by atoms with van der Waals surface area (Å²) in [5, 5.41) is 10.6. The summed E-state index contributed by atoms with van der Waals surface area (Å²) in [5.74, 6) is -0.181. The molecule has 26 heavy (non-hydrogen) atoms. The topological polar surface area (TPSA) is 128 Å². The molecular formula is C17H25N3O5S. The maximum absolute atomic E-state index is 12.3. The molecular weight excluding hydrogens is 358 g/mol. The van der Waals surface area contributed by atoms with Gasteiger partial charge in [0.05, 0.1) is 17.6 Å². The number of ether oxygens (including phenoxy) is 1. The summed E-state index contributed by atoms with van der Waals surface area (Å²) >= 11 is 0. The van der Waals surface area contributed by atoms with Gasteiger partial charge in [-0.3, -0.25) is 9.59 Å². The predicted octanol–water partition coefficient (Wildman–Crippen LogP) is 0.769. The Morgan fingerprint density at radius 2 is 1.81 bits per heavy atom. The Balaban J connectivity index is 1.90. The molecule has 1 fully saturated rings. The molecule has 0 unspecified atom stereocenters. The number of carbonyl (C=O) groups is 2. The highest BCUT2D eigenvalue weighted by atomic mass is 32.2. The van der Waals surface area contributed by atoms with Gasteiger partial charge in [-0.2, -0.15) is 0 Å². The van der Waals surface area contributed by atoms with Gasteiger partial charge in [0.25, 0.3) is 5.91 Å². The maximum atomic E-state index is 12.3. The van der Waals surface area contributed by atoms with Crippen LogP contribution in [0.1, 0.15) is 42.5 Å². The van der Waals surface area contributed by atoms with E-state index in [2.05, 4.69) is 10.6 Å². The van der Waals surface area contributed by atoms with Crippen LogP contribution < -0.4 is 20.5 Å². The van der Waals surface area contributed by atoms with Gasteiger partial charge < -0.3 is 15.4 Å². The molecule has 0 saturated heterocycles. The number of sulfonamides is 1. The molecule has 2 amide bonds. The summed E-state index contributed by atoms with van der Waals surface area (Å²) in [7, 11) is -2.54. The highest BCUT2D eigenvalue weighted by molar-refractivity contribution is 7.89.